The van der Waals surface area contributed by atoms with E-state index in [1.807, 2.05) is 36.6 Å². The number of nitrogen functional groups attached to an aromatic ring is 1. The maximum atomic E-state index is 12.1. The highest BCUT2D eigenvalue weighted by Gasteiger charge is 2.12. The van der Waals surface area contributed by atoms with Gasteiger partial charge in [-0.2, -0.15) is 0 Å². The Labute approximate surface area is 161 Å². The topological polar surface area (TPSA) is 98.7 Å². The SMILES string of the molecule is CCc1nnc(SCC(=O)Nc2nc(-c3ccc(Br)cc3)cs2)n1N. The van der Waals surface area contributed by atoms with Crippen LogP contribution in [0, 0.1) is 0 Å². The summed E-state index contributed by atoms with van der Waals surface area (Å²) in [6, 6.07) is 7.86. The summed E-state index contributed by atoms with van der Waals surface area (Å²) in [7, 11) is 0. The minimum absolute atomic E-state index is 0.164. The number of aromatic nitrogens is 4. The summed E-state index contributed by atoms with van der Waals surface area (Å²) >= 11 is 6.03. The molecule has 25 heavy (non-hydrogen) atoms. The van der Waals surface area contributed by atoms with Crippen molar-refractivity contribution in [2.75, 3.05) is 16.9 Å². The van der Waals surface area contributed by atoms with Crippen LogP contribution in [-0.4, -0.2) is 31.5 Å². The van der Waals surface area contributed by atoms with E-state index in [0.717, 1.165) is 15.7 Å². The average Bonchev–Trinajstić information content (AvgIpc) is 3.20. The number of hydrogen-bond acceptors (Lipinski definition) is 7. The van der Waals surface area contributed by atoms with Gasteiger partial charge in [0.25, 0.3) is 0 Å². The van der Waals surface area contributed by atoms with Crippen LogP contribution >= 0.6 is 39.0 Å². The summed E-state index contributed by atoms with van der Waals surface area (Å²) in [4.78, 5) is 16.5. The number of nitrogens with two attached hydrogens (primary N) is 1. The molecule has 1 aromatic carbocycles. The van der Waals surface area contributed by atoms with Crippen molar-refractivity contribution >= 4 is 50.1 Å². The van der Waals surface area contributed by atoms with Crippen molar-refractivity contribution in [1.29, 1.82) is 0 Å². The number of nitrogens with one attached hydrogen (secondary N) is 1. The molecule has 130 valence electrons. The van der Waals surface area contributed by atoms with Crippen molar-refractivity contribution in [3.05, 3.63) is 39.9 Å². The Bertz CT molecular complexity index is 877. The van der Waals surface area contributed by atoms with Crippen molar-refractivity contribution in [2.24, 2.45) is 0 Å². The Morgan fingerprint density at radius 2 is 2.12 bits per heavy atom. The number of anilines is 1. The summed E-state index contributed by atoms with van der Waals surface area (Å²) in [5.74, 6) is 6.56. The van der Waals surface area contributed by atoms with Gasteiger partial charge in [-0.3, -0.25) is 4.79 Å². The van der Waals surface area contributed by atoms with Crippen LogP contribution in [0.3, 0.4) is 0 Å². The number of nitrogens with zero attached hydrogens (tertiary/aromatic N) is 4. The molecule has 10 heteroatoms. The first-order valence-electron chi connectivity index (χ1n) is 7.40. The van der Waals surface area contributed by atoms with Crippen LogP contribution in [0.5, 0.6) is 0 Å². The van der Waals surface area contributed by atoms with Gasteiger partial charge < -0.3 is 11.2 Å². The number of benzene rings is 1. The van der Waals surface area contributed by atoms with Crippen LogP contribution in [0.4, 0.5) is 5.13 Å². The molecule has 0 radical (unpaired) electrons. The minimum atomic E-state index is -0.164. The number of halogens is 1. The molecule has 1 amide bonds. The van der Waals surface area contributed by atoms with Crippen molar-refractivity contribution in [3.8, 4) is 11.3 Å². The first-order chi connectivity index (χ1) is 12.1. The number of aryl methyl sites for hydroxylation is 1. The smallest absolute Gasteiger partial charge is 0.236 e. The van der Waals surface area contributed by atoms with E-state index in [4.69, 9.17) is 5.84 Å². The third-order valence-corrected chi connectivity index (χ3v) is 5.50. The number of thioether (sulfide) groups is 1. The molecule has 2 heterocycles. The van der Waals surface area contributed by atoms with E-state index >= 15 is 0 Å². The number of hydrogen-bond donors (Lipinski definition) is 2. The molecule has 0 aliphatic rings. The van der Waals surface area contributed by atoms with Gasteiger partial charge in [0.05, 0.1) is 11.4 Å². The molecular formula is C15H15BrN6OS2. The first-order valence-corrected chi connectivity index (χ1v) is 10.1. The predicted molar refractivity (Wildman–Crippen MR) is 104 cm³/mol. The molecule has 0 atom stereocenters. The summed E-state index contributed by atoms with van der Waals surface area (Å²) in [5.41, 5.74) is 1.83. The Balaban J connectivity index is 1.58. The van der Waals surface area contributed by atoms with Gasteiger partial charge >= 0.3 is 0 Å². The zero-order valence-corrected chi connectivity index (χ0v) is 16.5. The van der Waals surface area contributed by atoms with Gasteiger partial charge in [-0.05, 0) is 12.1 Å². The van der Waals surface area contributed by atoms with Crippen molar-refractivity contribution in [3.63, 3.8) is 0 Å². The van der Waals surface area contributed by atoms with Gasteiger partial charge in [0.1, 0.15) is 0 Å². The predicted octanol–water partition coefficient (Wildman–Crippen LogP) is 3.17. The van der Waals surface area contributed by atoms with E-state index in [9.17, 15) is 4.79 Å². The van der Waals surface area contributed by atoms with Crippen LogP contribution in [0.1, 0.15) is 12.7 Å². The second kappa shape index (κ2) is 7.98. The maximum Gasteiger partial charge on any atom is 0.236 e. The zero-order chi connectivity index (χ0) is 17.8. The lowest BCUT2D eigenvalue weighted by atomic mass is 10.2. The van der Waals surface area contributed by atoms with E-state index < -0.39 is 0 Å². The highest BCUT2D eigenvalue weighted by Crippen LogP contribution is 2.26. The van der Waals surface area contributed by atoms with Gasteiger partial charge in [0.15, 0.2) is 11.0 Å². The molecule has 3 aromatic rings. The second-order valence-corrected chi connectivity index (χ2v) is 7.72. The van der Waals surface area contributed by atoms with Gasteiger partial charge in [-0.25, -0.2) is 9.66 Å². The minimum Gasteiger partial charge on any atom is -0.336 e. The van der Waals surface area contributed by atoms with E-state index in [1.165, 1.54) is 27.8 Å². The quantitative estimate of drug-likeness (QED) is 0.452. The lowest BCUT2D eigenvalue weighted by Crippen LogP contribution is -2.17. The summed E-state index contributed by atoms with van der Waals surface area (Å²) < 4.78 is 2.42. The van der Waals surface area contributed by atoms with Gasteiger partial charge in [-0.15, -0.1) is 21.5 Å². The first kappa shape index (κ1) is 17.9. The molecule has 0 spiro atoms. The van der Waals surface area contributed by atoms with Crippen LogP contribution in [0.25, 0.3) is 11.3 Å². The lowest BCUT2D eigenvalue weighted by molar-refractivity contribution is -0.113. The second-order valence-electron chi connectivity index (χ2n) is 5.00. The molecule has 0 aliphatic heterocycles. The zero-order valence-electron chi connectivity index (χ0n) is 13.3. The van der Waals surface area contributed by atoms with Crippen LogP contribution in [-0.2, 0) is 11.2 Å². The van der Waals surface area contributed by atoms with Crippen molar-refractivity contribution in [2.45, 2.75) is 18.5 Å². The number of carbonyl (C=O) groups excluding carboxylic acids is 1. The van der Waals surface area contributed by atoms with Gasteiger partial charge in [-0.1, -0.05) is 46.7 Å². The molecule has 3 N–H and O–H groups in total. The third-order valence-electron chi connectivity index (χ3n) is 3.27. The monoisotopic (exact) mass is 438 g/mol. The van der Waals surface area contributed by atoms with Crippen LogP contribution < -0.4 is 11.2 Å². The van der Waals surface area contributed by atoms with Crippen molar-refractivity contribution in [1.82, 2.24) is 19.9 Å². The normalized spacial score (nSPS) is 10.8. The van der Waals surface area contributed by atoms with E-state index in [-0.39, 0.29) is 11.7 Å². The molecule has 0 fully saturated rings. The molecule has 0 saturated carbocycles. The van der Waals surface area contributed by atoms with Gasteiger partial charge in [0.2, 0.25) is 11.1 Å². The van der Waals surface area contributed by atoms with Gasteiger partial charge in [0, 0.05) is 21.8 Å². The number of amides is 1. The highest BCUT2D eigenvalue weighted by molar-refractivity contribution is 9.10. The molecule has 7 nitrogen and oxygen atoms in total. The molecular weight excluding hydrogens is 424 g/mol. The van der Waals surface area contributed by atoms with E-state index in [0.29, 0.717) is 22.5 Å². The maximum absolute atomic E-state index is 12.1. The van der Waals surface area contributed by atoms with Crippen LogP contribution in [0.2, 0.25) is 0 Å². The highest BCUT2D eigenvalue weighted by atomic mass is 79.9. The summed E-state index contributed by atoms with van der Waals surface area (Å²) in [5, 5.41) is 13.7. The molecule has 0 saturated heterocycles. The Morgan fingerprint density at radius 3 is 2.80 bits per heavy atom. The Kier molecular flexibility index (Phi) is 5.71. The fraction of sp³-hybridized carbons (Fsp3) is 0.200. The molecule has 3 rings (SSSR count). The fourth-order valence-corrected chi connectivity index (χ4v) is 3.69. The summed E-state index contributed by atoms with van der Waals surface area (Å²) in [6.45, 7) is 1.94. The Hall–Kier alpha value is -1.91. The molecule has 0 unspecified atom stereocenters. The average molecular weight is 439 g/mol. The molecule has 0 bridgehead atoms. The molecule has 2 aromatic heterocycles. The largest absolute Gasteiger partial charge is 0.336 e. The van der Waals surface area contributed by atoms with Crippen LogP contribution in [0.15, 0.2) is 39.3 Å². The lowest BCUT2D eigenvalue weighted by Gasteiger charge is -2.02. The van der Waals surface area contributed by atoms with Crippen molar-refractivity contribution < 1.29 is 4.79 Å². The number of carbonyl (C=O) groups is 1. The van der Waals surface area contributed by atoms with E-state index in [1.54, 1.807) is 0 Å². The Morgan fingerprint density at radius 1 is 1.36 bits per heavy atom. The fourth-order valence-electron chi connectivity index (χ4n) is 2.02. The summed E-state index contributed by atoms with van der Waals surface area (Å²) in [6.07, 6.45) is 0.689. The van der Waals surface area contributed by atoms with E-state index in [2.05, 4.69) is 36.4 Å². The molecule has 0 aliphatic carbocycles. The number of rotatable bonds is 6. The number of thiazole rings is 1. The standard InChI is InChI=1S/C15H15BrN6OS2/c1-2-12-20-21-15(22(12)17)25-8-13(23)19-14-18-11(7-24-14)9-3-5-10(16)6-4-9/h3-7H,2,8,17H2,1H3,(H,18,19,23). The third kappa shape index (κ3) is 4.39.